The van der Waals surface area contributed by atoms with Gasteiger partial charge in [0, 0.05) is 39.2 Å². The van der Waals surface area contributed by atoms with E-state index < -0.39 is 10.2 Å². The third kappa shape index (κ3) is 3.88. The highest BCUT2D eigenvalue weighted by molar-refractivity contribution is 7.87. The minimum absolute atomic E-state index is 0.210. The SMILES string of the molecule is CCOCc1nc2c(N)nc3ccccc3c2n1CCNS(=O)(=O)N(C)C. The molecule has 0 aliphatic carbocycles. The fourth-order valence-corrected chi connectivity index (χ4v) is 3.47. The van der Waals surface area contributed by atoms with Gasteiger partial charge in [-0.25, -0.2) is 14.7 Å². The van der Waals surface area contributed by atoms with Gasteiger partial charge in [0.15, 0.2) is 5.82 Å². The summed E-state index contributed by atoms with van der Waals surface area (Å²) in [5.74, 6) is 1.02. The second kappa shape index (κ2) is 7.77. The van der Waals surface area contributed by atoms with E-state index in [1.807, 2.05) is 35.8 Å². The summed E-state index contributed by atoms with van der Waals surface area (Å²) in [6.45, 7) is 3.36. The van der Waals surface area contributed by atoms with E-state index in [9.17, 15) is 8.42 Å². The minimum Gasteiger partial charge on any atom is -0.382 e. The highest BCUT2D eigenvalue weighted by Gasteiger charge is 2.18. The van der Waals surface area contributed by atoms with Crippen LogP contribution < -0.4 is 10.5 Å². The van der Waals surface area contributed by atoms with Crippen LogP contribution in [-0.4, -0.2) is 54.5 Å². The first-order valence-electron chi connectivity index (χ1n) is 8.63. The van der Waals surface area contributed by atoms with Gasteiger partial charge in [0.1, 0.15) is 17.9 Å². The molecule has 10 heteroatoms. The van der Waals surface area contributed by atoms with E-state index in [2.05, 4.69) is 14.7 Å². The molecule has 3 aromatic rings. The number of nitrogens with one attached hydrogen (secondary N) is 1. The molecule has 0 atom stereocenters. The van der Waals surface area contributed by atoms with Gasteiger partial charge in [-0.1, -0.05) is 18.2 Å². The Labute approximate surface area is 158 Å². The molecule has 9 nitrogen and oxygen atoms in total. The first kappa shape index (κ1) is 19.5. The average Bonchev–Trinajstić information content (AvgIpc) is 2.99. The summed E-state index contributed by atoms with van der Waals surface area (Å²) in [7, 11) is -0.541. The number of benzene rings is 1. The topological polar surface area (TPSA) is 115 Å². The number of nitrogen functional groups attached to an aromatic ring is 1. The summed E-state index contributed by atoms with van der Waals surface area (Å²) >= 11 is 0. The van der Waals surface area contributed by atoms with Crippen molar-refractivity contribution in [2.45, 2.75) is 20.1 Å². The maximum atomic E-state index is 12.0. The summed E-state index contributed by atoms with van der Waals surface area (Å²) in [6, 6.07) is 7.66. The van der Waals surface area contributed by atoms with Crippen molar-refractivity contribution in [3.63, 3.8) is 0 Å². The number of hydrogen-bond donors (Lipinski definition) is 2. The van der Waals surface area contributed by atoms with Crippen LogP contribution in [0.1, 0.15) is 12.7 Å². The largest absolute Gasteiger partial charge is 0.382 e. The van der Waals surface area contributed by atoms with Gasteiger partial charge in [0.05, 0.1) is 11.0 Å². The van der Waals surface area contributed by atoms with Crippen molar-refractivity contribution in [1.82, 2.24) is 23.6 Å². The predicted octanol–water partition coefficient (Wildman–Crippen LogP) is 1.10. The van der Waals surface area contributed by atoms with E-state index in [1.54, 1.807) is 0 Å². The molecule has 0 bridgehead atoms. The minimum atomic E-state index is -3.50. The molecule has 0 spiro atoms. The smallest absolute Gasteiger partial charge is 0.278 e. The van der Waals surface area contributed by atoms with Crippen LogP contribution in [0.5, 0.6) is 0 Å². The van der Waals surface area contributed by atoms with Gasteiger partial charge in [-0.15, -0.1) is 0 Å². The molecular weight excluding hydrogens is 368 g/mol. The Morgan fingerprint density at radius 3 is 2.70 bits per heavy atom. The number of nitrogens with two attached hydrogens (primary N) is 1. The molecule has 1 aromatic carbocycles. The van der Waals surface area contributed by atoms with Crippen LogP contribution in [0.4, 0.5) is 5.82 Å². The number of pyridine rings is 1. The van der Waals surface area contributed by atoms with Crippen molar-refractivity contribution in [3.8, 4) is 0 Å². The van der Waals surface area contributed by atoms with E-state index in [-0.39, 0.29) is 6.54 Å². The lowest BCUT2D eigenvalue weighted by Crippen LogP contribution is -2.37. The maximum Gasteiger partial charge on any atom is 0.278 e. The van der Waals surface area contributed by atoms with Crippen molar-refractivity contribution < 1.29 is 13.2 Å². The lowest BCUT2D eigenvalue weighted by atomic mass is 10.2. The van der Waals surface area contributed by atoms with E-state index >= 15 is 0 Å². The van der Waals surface area contributed by atoms with Gasteiger partial charge in [0.25, 0.3) is 10.2 Å². The highest BCUT2D eigenvalue weighted by atomic mass is 32.2. The molecule has 0 aliphatic heterocycles. The first-order chi connectivity index (χ1) is 12.8. The molecule has 3 rings (SSSR count). The molecule has 0 fully saturated rings. The van der Waals surface area contributed by atoms with Gasteiger partial charge in [0.2, 0.25) is 0 Å². The van der Waals surface area contributed by atoms with Crippen LogP contribution >= 0.6 is 0 Å². The average molecular weight is 392 g/mol. The van der Waals surface area contributed by atoms with Crippen LogP contribution in [-0.2, 0) is 28.1 Å². The number of ether oxygens (including phenoxy) is 1. The highest BCUT2D eigenvalue weighted by Crippen LogP contribution is 2.28. The number of nitrogens with zero attached hydrogens (tertiary/aromatic N) is 4. The van der Waals surface area contributed by atoms with Crippen molar-refractivity contribution in [2.24, 2.45) is 0 Å². The second-order valence-electron chi connectivity index (χ2n) is 6.21. The molecule has 3 N–H and O–H groups in total. The zero-order valence-corrected chi connectivity index (χ0v) is 16.5. The number of rotatable bonds is 8. The summed E-state index contributed by atoms with van der Waals surface area (Å²) < 4.78 is 35.2. The number of aromatic nitrogens is 3. The lowest BCUT2D eigenvalue weighted by molar-refractivity contribution is 0.126. The molecule has 0 saturated carbocycles. The van der Waals surface area contributed by atoms with E-state index in [0.29, 0.717) is 36.9 Å². The molecule has 0 saturated heterocycles. The summed E-state index contributed by atoms with van der Waals surface area (Å²) in [5, 5.41) is 0.910. The van der Waals surface area contributed by atoms with E-state index in [1.165, 1.54) is 14.1 Å². The van der Waals surface area contributed by atoms with Crippen molar-refractivity contribution in [1.29, 1.82) is 0 Å². The zero-order valence-electron chi connectivity index (χ0n) is 15.6. The second-order valence-corrected chi connectivity index (χ2v) is 8.18. The summed E-state index contributed by atoms with van der Waals surface area (Å²) in [4.78, 5) is 9.04. The Morgan fingerprint density at radius 1 is 1.26 bits per heavy atom. The Kier molecular flexibility index (Phi) is 5.61. The van der Waals surface area contributed by atoms with Gasteiger partial charge in [-0.05, 0) is 13.0 Å². The Bertz CT molecular complexity index is 1060. The number of anilines is 1. The van der Waals surface area contributed by atoms with E-state index in [0.717, 1.165) is 20.7 Å². The zero-order chi connectivity index (χ0) is 19.6. The quantitative estimate of drug-likeness (QED) is 0.593. The van der Waals surface area contributed by atoms with Crippen molar-refractivity contribution >= 4 is 38.0 Å². The lowest BCUT2D eigenvalue weighted by Gasteiger charge is -2.14. The first-order valence-corrected chi connectivity index (χ1v) is 10.1. The van der Waals surface area contributed by atoms with Crippen LogP contribution in [0.25, 0.3) is 21.9 Å². The van der Waals surface area contributed by atoms with Gasteiger partial charge in [-0.3, -0.25) is 0 Å². The standard InChI is InChI=1S/C17H24N6O3S/c1-4-26-11-14-21-15-16(12-7-5-6-8-13(12)20-17(15)18)23(14)10-9-19-27(24,25)22(2)3/h5-8,19H,4,9-11H2,1-3H3,(H2,18,20). The number of hydrogen-bond acceptors (Lipinski definition) is 6. The molecule has 27 heavy (non-hydrogen) atoms. The van der Waals surface area contributed by atoms with Crippen LogP contribution in [0.3, 0.4) is 0 Å². The molecular formula is C17H24N6O3S. The number of para-hydroxylation sites is 1. The Morgan fingerprint density at radius 2 is 2.00 bits per heavy atom. The van der Waals surface area contributed by atoms with Crippen LogP contribution in [0, 0.1) is 0 Å². The van der Waals surface area contributed by atoms with Gasteiger partial charge < -0.3 is 15.0 Å². The molecule has 0 aliphatic rings. The van der Waals surface area contributed by atoms with Crippen LogP contribution in [0.15, 0.2) is 24.3 Å². The summed E-state index contributed by atoms with van der Waals surface area (Å²) in [6.07, 6.45) is 0. The predicted molar refractivity (Wildman–Crippen MR) is 105 cm³/mol. The molecule has 0 unspecified atom stereocenters. The molecule has 146 valence electrons. The van der Waals surface area contributed by atoms with Crippen molar-refractivity contribution in [3.05, 3.63) is 30.1 Å². The molecule has 2 aromatic heterocycles. The van der Waals surface area contributed by atoms with Gasteiger partial charge >= 0.3 is 0 Å². The maximum absolute atomic E-state index is 12.0. The van der Waals surface area contributed by atoms with Crippen molar-refractivity contribution in [2.75, 3.05) is 33.0 Å². The monoisotopic (exact) mass is 392 g/mol. The molecule has 0 amide bonds. The van der Waals surface area contributed by atoms with Gasteiger partial charge in [-0.2, -0.15) is 12.7 Å². The Hall–Kier alpha value is -2.27. The number of imidazole rings is 1. The third-order valence-corrected chi connectivity index (χ3v) is 5.76. The normalized spacial score (nSPS) is 12.4. The summed E-state index contributed by atoms with van der Waals surface area (Å²) in [5.41, 5.74) is 8.32. The fourth-order valence-electron chi connectivity index (χ4n) is 2.86. The molecule has 0 radical (unpaired) electrons. The Balaban J connectivity index is 2.07. The van der Waals surface area contributed by atoms with Crippen LogP contribution in [0.2, 0.25) is 0 Å². The fraction of sp³-hybridized carbons (Fsp3) is 0.412. The molecule has 2 heterocycles. The number of fused-ring (bicyclic) bond motifs is 3. The van der Waals surface area contributed by atoms with E-state index in [4.69, 9.17) is 10.5 Å². The third-order valence-electron chi connectivity index (χ3n) is 4.23.